The maximum Gasteiger partial charge on any atom is 0.309 e. The van der Waals surface area contributed by atoms with Crippen molar-refractivity contribution in [1.82, 2.24) is 0 Å². The Balaban J connectivity index is 0. The van der Waals surface area contributed by atoms with Gasteiger partial charge in [0.25, 0.3) is 0 Å². The zero-order valence-electron chi connectivity index (χ0n) is 11.1. The van der Waals surface area contributed by atoms with Crippen LogP contribution in [0.4, 0.5) is 4.79 Å². The summed E-state index contributed by atoms with van der Waals surface area (Å²) in [5, 5.41) is 0. The molecule has 0 atom stereocenters. The fraction of sp³-hybridized carbons (Fsp3) is 0.889. The van der Waals surface area contributed by atoms with Crippen LogP contribution < -0.4 is 11.5 Å². The molecule has 0 saturated heterocycles. The van der Waals surface area contributed by atoms with Crippen molar-refractivity contribution in [3.63, 3.8) is 0 Å². The number of amides is 2. The van der Waals surface area contributed by atoms with Crippen LogP contribution in [-0.4, -0.2) is 38.5 Å². The van der Waals surface area contributed by atoms with E-state index in [0.29, 0.717) is 0 Å². The highest BCUT2D eigenvalue weighted by Gasteiger charge is 2.47. The summed E-state index contributed by atoms with van der Waals surface area (Å²) < 4.78 is 45.1. The topological polar surface area (TPSA) is 137 Å². The summed E-state index contributed by atoms with van der Waals surface area (Å²) in [7, 11) is -7.14. The van der Waals surface area contributed by atoms with Crippen LogP contribution in [0.3, 0.4) is 0 Å². The number of hydrogen-bond donors (Lipinski definition) is 2. The van der Waals surface area contributed by atoms with Gasteiger partial charge in [-0.25, -0.2) is 21.6 Å². The molecule has 18 heavy (non-hydrogen) atoms. The zero-order chi connectivity index (χ0) is 15.2. The number of rotatable bonds is 5. The molecule has 0 spiro atoms. The van der Waals surface area contributed by atoms with E-state index in [1.807, 2.05) is 0 Å². The summed E-state index contributed by atoms with van der Waals surface area (Å²) in [4.78, 5) is 9.00. The van der Waals surface area contributed by atoms with Gasteiger partial charge in [-0.05, 0) is 13.3 Å². The van der Waals surface area contributed by atoms with Gasteiger partial charge in [-0.15, -0.1) is 0 Å². The van der Waals surface area contributed by atoms with E-state index in [-0.39, 0.29) is 17.9 Å². The number of primary amides is 2. The Kier molecular flexibility index (Phi) is 7.51. The molecule has 0 saturated carbocycles. The van der Waals surface area contributed by atoms with Crippen molar-refractivity contribution in [3.05, 3.63) is 0 Å². The second-order valence-electron chi connectivity index (χ2n) is 3.70. The highest BCUT2D eigenvalue weighted by atomic mass is 32.3. The van der Waals surface area contributed by atoms with Crippen LogP contribution in [-0.2, 0) is 19.7 Å². The highest BCUT2D eigenvalue weighted by Crippen LogP contribution is 2.29. The number of carbonyl (C=O) groups excluding carboxylic acids is 1. The molecule has 0 aliphatic carbocycles. The van der Waals surface area contributed by atoms with Crippen molar-refractivity contribution in [2.24, 2.45) is 11.5 Å². The van der Waals surface area contributed by atoms with Gasteiger partial charge in [0.05, 0.1) is 0 Å². The number of urea groups is 1. The Morgan fingerprint density at radius 3 is 1.28 bits per heavy atom. The van der Waals surface area contributed by atoms with Crippen LogP contribution in [0, 0.1) is 0 Å². The number of nitrogens with two attached hydrogens (primary N) is 2. The quantitative estimate of drug-likeness (QED) is 0.736. The fourth-order valence-corrected chi connectivity index (χ4v) is 5.60. The molecule has 0 rings (SSSR count). The monoisotopic (exact) mass is 302 g/mol. The van der Waals surface area contributed by atoms with E-state index >= 15 is 0 Å². The number of carbonyl (C=O) groups is 1. The zero-order valence-corrected chi connectivity index (χ0v) is 12.8. The number of sulfone groups is 2. The lowest BCUT2D eigenvalue weighted by atomic mass is 10.4. The van der Waals surface area contributed by atoms with E-state index in [1.165, 1.54) is 20.8 Å². The van der Waals surface area contributed by atoms with Gasteiger partial charge in [-0.2, -0.15) is 0 Å². The molecule has 0 unspecified atom stereocenters. The first-order valence-electron chi connectivity index (χ1n) is 5.41. The SMILES string of the molecule is CCC(C)(S(=O)(=O)CC)S(=O)(=O)CC.NC(N)=O. The van der Waals surface area contributed by atoms with E-state index in [2.05, 4.69) is 11.5 Å². The summed E-state index contributed by atoms with van der Waals surface area (Å²) in [5.74, 6) is -0.285. The second kappa shape index (κ2) is 6.93. The molecule has 9 heteroatoms. The third-order valence-electron chi connectivity index (χ3n) is 2.72. The van der Waals surface area contributed by atoms with E-state index in [1.54, 1.807) is 6.92 Å². The van der Waals surface area contributed by atoms with Gasteiger partial charge in [0.2, 0.25) is 0 Å². The molecular formula is C9H22N2O5S2. The van der Waals surface area contributed by atoms with Crippen molar-refractivity contribution in [2.75, 3.05) is 11.5 Å². The summed E-state index contributed by atoms with van der Waals surface area (Å²) >= 11 is 0. The van der Waals surface area contributed by atoms with Gasteiger partial charge >= 0.3 is 6.03 Å². The molecule has 0 aromatic rings. The van der Waals surface area contributed by atoms with E-state index in [0.717, 1.165) is 0 Å². The average Bonchev–Trinajstić information content (AvgIpc) is 2.26. The van der Waals surface area contributed by atoms with Crippen LogP contribution in [0.25, 0.3) is 0 Å². The first kappa shape index (κ1) is 19.5. The van der Waals surface area contributed by atoms with Crippen LogP contribution in [0.15, 0.2) is 0 Å². The second-order valence-corrected chi connectivity index (χ2v) is 9.37. The van der Waals surface area contributed by atoms with Crippen LogP contribution in [0.5, 0.6) is 0 Å². The summed E-state index contributed by atoms with van der Waals surface area (Å²) in [6.45, 7) is 5.81. The van der Waals surface area contributed by atoms with E-state index in [4.69, 9.17) is 4.79 Å². The first-order valence-corrected chi connectivity index (χ1v) is 8.71. The maximum atomic E-state index is 11.7. The van der Waals surface area contributed by atoms with Gasteiger partial charge in [0, 0.05) is 11.5 Å². The number of hydrogen-bond acceptors (Lipinski definition) is 5. The fourth-order valence-electron chi connectivity index (χ4n) is 1.24. The first-order chi connectivity index (χ1) is 7.91. The predicted molar refractivity (Wildman–Crippen MR) is 71.4 cm³/mol. The predicted octanol–water partition coefficient (Wildman–Crippen LogP) is 0.00580. The molecule has 7 nitrogen and oxygen atoms in total. The summed E-state index contributed by atoms with van der Waals surface area (Å²) in [6.07, 6.45) is 0.0966. The minimum absolute atomic E-state index is 0.0966. The maximum absolute atomic E-state index is 11.7. The molecule has 0 heterocycles. The van der Waals surface area contributed by atoms with Crippen molar-refractivity contribution < 1.29 is 21.6 Å². The molecule has 0 aliphatic rings. The molecule has 4 N–H and O–H groups in total. The lowest BCUT2D eigenvalue weighted by Crippen LogP contribution is -2.44. The van der Waals surface area contributed by atoms with Crippen LogP contribution >= 0.6 is 0 Å². The van der Waals surface area contributed by atoms with Crippen LogP contribution in [0.2, 0.25) is 0 Å². The molecule has 0 fully saturated rings. The molecule has 110 valence electrons. The van der Waals surface area contributed by atoms with E-state index < -0.39 is 29.8 Å². The molecule has 0 aliphatic heterocycles. The molecule has 2 amide bonds. The summed E-state index contributed by atoms with van der Waals surface area (Å²) in [5.41, 5.74) is 8.50. The highest BCUT2D eigenvalue weighted by molar-refractivity contribution is 8.10. The van der Waals surface area contributed by atoms with Gasteiger partial charge < -0.3 is 11.5 Å². The van der Waals surface area contributed by atoms with Crippen LogP contribution in [0.1, 0.15) is 34.1 Å². The Morgan fingerprint density at radius 2 is 1.17 bits per heavy atom. The van der Waals surface area contributed by atoms with Crippen molar-refractivity contribution in [3.8, 4) is 0 Å². The Hall–Kier alpha value is -0.830. The van der Waals surface area contributed by atoms with Crippen molar-refractivity contribution >= 4 is 25.7 Å². The molecule has 0 aromatic heterocycles. The van der Waals surface area contributed by atoms with Gasteiger partial charge in [-0.1, -0.05) is 20.8 Å². The van der Waals surface area contributed by atoms with E-state index in [9.17, 15) is 16.8 Å². The minimum atomic E-state index is -3.57. The summed E-state index contributed by atoms with van der Waals surface area (Å²) in [6, 6.07) is -0.833. The Morgan fingerprint density at radius 1 is 0.944 bits per heavy atom. The molecule has 0 bridgehead atoms. The van der Waals surface area contributed by atoms with Gasteiger partial charge in [0.15, 0.2) is 23.8 Å². The Bertz CT molecular complexity index is 429. The lowest BCUT2D eigenvalue weighted by molar-refractivity contribution is 0.256. The van der Waals surface area contributed by atoms with Crippen molar-refractivity contribution in [1.29, 1.82) is 0 Å². The molecule has 0 radical (unpaired) electrons. The largest absolute Gasteiger partial charge is 0.352 e. The standard InChI is InChI=1S/C8H18O4S2.CH4N2O/c1-5-8(4,13(9,10)6-2)14(11,12)7-3;2-1(3)4/h5-7H2,1-4H3;(H4,2,3,4). The average molecular weight is 302 g/mol. The third-order valence-corrected chi connectivity index (χ3v) is 8.97. The van der Waals surface area contributed by atoms with Gasteiger partial charge in [0.1, 0.15) is 0 Å². The minimum Gasteiger partial charge on any atom is -0.352 e. The van der Waals surface area contributed by atoms with Gasteiger partial charge in [-0.3, -0.25) is 0 Å². The normalized spacial score (nSPS) is 12.4. The lowest BCUT2D eigenvalue weighted by Gasteiger charge is -2.26. The molecular weight excluding hydrogens is 280 g/mol. The Labute approximate surface area is 109 Å². The van der Waals surface area contributed by atoms with Crippen molar-refractivity contribution in [2.45, 2.75) is 38.2 Å². The smallest absolute Gasteiger partial charge is 0.309 e. The third kappa shape index (κ3) is 4.45. The molecule has 0 aromatic carbocycles.